The van der Waals surface area contributed by atoms with Crippen LogP contribution in [0.3, 0.4) is 0 Å². The average molecular weight is 218 g/mol. The lowest BCUT2D eigenvalue weighted by Crippen LogP contribution is -2.31. The summed E-state index contributed by atoms with van der Waals surface area (Å²) in [7, 11) is 0. The molecular formula is C11H14N4O. The van der Waals surface area contributed by atoms with E-state index in [-0.39, 0.29) is 0 Å². The zero-order valence-corrected chi connectivity index (χ0v) is 9.26. The summed E-state index contributed by atoms with van der Waals surface area (Å²) in [5.41, 5.74) is 2.78. The van der Waals surface area contributed by atoms with Gasteiger partial charge in [-0.1, -0.05) is 6.92 Å². The van der Waals surface area contributed by atoms with E-state index in [9.17, 15) is 0 Å². The Kier molecular flexibility index (Phi) is 2.32. The van der Waals surface area contributed by atoms with E-state index in [1.54, 1.807) is 6.20 Å². The molecule has 1 aliphatic rings. The van der Waals surface area contributed by atoms with Crippen molar-refractivity contribution in [1.29, 1.82) is 0 Å². The minimum Gasteiger partial charge on any atom is -0.381 e. The maximum absolute atomic E-state index is 5.16. The lowest BCUT2D eigenvalue weighted by Gasteiger charge is -2.25. The van der Waals surface area contributed by atoms with Crippen molar-refractivity contribution in [2.45, 2.75) is 19.9 Å². The largest absolute Gasteiger partial charge is 0.381 e. The molecule has 0 aliphatic carbocycles. The highest BCUT2D eigenvalue weighted by atomic mass is 16.5. The normalized spacial score (nSPS) is 16.6. The first kappa shape index (κ1) is 9.72. The number of aromatic nitrogens is 4. The Bertz CT molecular complexity index is 504. The van der Waals surface area contributed by atoms with Crippen molar-refractivity contribution < 1.29 is 4.74 Å². The van der Waals surface area contributed by atoms with Crippen LogP contribution in [0.4, 0.5) is 0 Å². The van der Waals surface area contributed by atoms with Gasteiger partial charge < -0.3 is 4.74 Å². The lowest BCUT2D eigenvalue weighted by atomic mass is 10.1. The van der Waals surface area contributed by atoms with Gasteiger partial charge in [0.2, 0.25) is 0 Å². The topological polar surface area (TPSA) is 52.8 Å². The zero-order valence-electron chi connectivity index (χ0n) is 9.26. The molecule has 2 aromatic heterocycles. The molecule has 3 rings (SSSR count). The molecule has 2 aromatic rings. The molecule has 84 valence electrons. The Morgan fingerprint density at radius 2 is 2.31 bits per heavy atom. The quantitative estimate of drug-likeness (QED) is 0.772. The van der Waals surface area contributed by atoms with Crippen LogP contribution in [0.2, 0.25) is 0 Å². The monoisotopic (exact) mass is 218 g/mol. The van der Waals surface area contributed by atoms with Crippen molar-refractivity contribution in [3.05, 3.63) is 18.1 Å². The number of nitrogens with zero attached hydrogens (tertiary/aromatic N) is 4. The Balaban J connectivity index is 1.96. The van der Waals surface area contributed by atoms with Crippen LogP contribution < -0.4 is 0 Å². The predicted octanol–water partition coefficient (Wildman–Crippen LogP) is 1.04. The van der Waals surface area contributed by atoms with Gasteiger partial charge >= 0.3 is 0 Å². The summed E-state index contributed by atoms with van der Waals surface area (Å²) in [4.78, 5) is 8.91. The highest BCUT2D eigenvalue weighted by molar-refractivity contribution is 5.69. The fourth-order valence-corrected chi connectivity index (χ4v) is 1.82. The van der Waals surface area contributed by atoms with Gasteiger partial charge in [0.15, 0.2) is 5.65 Å². The maximum atomic E-state index is 5.16. The minimum absolute atomic E-state index is 0.579. The SMILES string of the molecule is CCc1cnc2cnn(CC3COC3)c2n1. The molecule has 0 radical (unpaired) electrons. The third kappa shape index (κ3) is 1.57. The summed E-state index contributed by atoms with van der Waals surface area (Å²) >= 11 is 0. The molecule has 0 spiro atoms. The molecule has 0 unspecified atom stereocenters. The third-order valence-electron chi connectivity index (χ3n) is 2.90. The average Bonchev–Trinajstić information content (AvgIpc) is 2.65. The highest BCUT2D eigenvalue weighted by Crippen LogP contribution is 2.16. The molecule has 0 saturated carbocycles. The van der Waals surface area contributed by atoms with E-state index >= 15 is 0 Å². The second kappa shape index (κ2) is 3.83. The molecule has 16 heavy (non-hydrogen) atoms. The predicted molar refractivity (Wildman–Crippen MR) is 59.0 cm³/mol. The van der Waals surface area contributed by atoms with Crippen LogP contribution in [0.15, 0.2) is 12.4 Å². The highest BCUT2D eigenvalue weighted by Gasteiger charge is 2.20. The van der Waals surface area contributed by atoms with Crippen LogP contribution >= 0.6 is 0 Å². The van der Waals surface area contributed by atoms with Crippen LogP contribution in [-0.2, 0) is 17.7 Å². The standard InChI is InChI=1S/C11H14N4O/c1-2-9-3-12-10-4-13-15(11(10)14-9)5-8-6-16-7-8/h3-4,8H,2,5-7H2,1H3. The summed E-state index contributed by atoms with van der Waals surface area (Å²) < 4.78 is 7.10. The van der Waals surface area contributed by atoms with E-state index in [1.165, 1.54) is 0 Å². The van der Waals surface area contributed by atoms with E-state index in [0.717, 1.165) is 43.0 Å². The first-order valence-corrected chi connectivity index (χ1v) is 5.62. The Morgan fingerprint density at radius 3 is 3.00 bits per heavy atom. The van der Waals surface area contributed by atoms with Gasteiger partial charge in [-0.05, 0) is 6.42 Å². The van der Waals surface area contributed by atoms with Crippen molar-refractivity contribution >= 4 is 11.2 Å². The summed E-state index contributed by atoms with van der Waals surface area (Å²) in [6.07, 6.45) is 4.50. The molecule has 1 fully saturated rings. The maximum Gasteiger partial charge on any atom is 0.177 e. The lowest BCUT2D eigenvalue weighted by molar-refractivity contribution is -0.0403. The first-order valence-electron chi connectivity index (χ1n) is 5.62. The smallest absolute Gasteiger partial charge is 0.177 e. The molecule has 0 atom stereocenters. The molecular weight excluding hydrogens is 204 g/mol. The van der Waals surface area contributed by atoms with E-state index < -0.39 is 0 Å². The number of aryl methyl sites for hydroxylation is 1. The second-order valence-electron chi connectivity index (χ2n) is 4.15. The molecule has 0 bridgehead atoms. The molecule has 1 saturated heterocycles. The summed E-state index contributed by atoms with van der Waals surface area (Å²) in [5.74, 6) is 0.579. The van der Waals surface area contributed by atoms with E-state index in [0.29, 0.717) is 5.92 Å². The van der Waals surface area contributed by atoms with Crippen LogP contribution in [0, 0.1) is 5.92 Å². The van der Waals surface area contributed by atoms with Gasteiger partial charge in [0.1, 0.15) is 5.52 Å². The molecule has 0 aromatic carbocycles. The van der Waals surface area contributed by atoms with E-state index in [2.05, 4.69) is 22.0 Å². The van der Waals surface area contributed by atoms with Gasteiger partial charge in [0.25, 0.3) is 0 Å². The van der Waals surface area contributed by atoms with Gasteiger partial charge in [0.05, 0.1) is 31.6 Å². The molecule has 1 aliphatic heterocycles. The molecule has 3 heterocycles. The van der Waals surface area contributed by atoms with Crippen LogP contribution in [-0.4, -0.2) is 33.0 Å². The number of hydrogen-bond acceptors (Lipinski definition) is 4. The molecule has 5 nitrogen and oxygen atoms in total. The zero-order chi connectivity index (χ0) is 11.0. The minimum atomic E-state index is 0.579. The van der Waals surface area contributed by atoms with Crippen molar-refractivity contribution in [3.63, 3.8) is 0 Å². The molecule has 5 heteroatoms. The Hall–Kier alpha value is -1.49. The molecule has 0 amide bonds. The number of ether oxygens (including phenoxy) is 1. The van der Waals surface area contributed by atoms with Gasteiger partial charge in [-0.15, -0.1) is 0 Å². The summed E-state index contributed by atoms with van der Waals surface area (Å²) in [5, 5.41) is 4.33. The Labute approximate surface area is 93.5 Å². The van der Waals surface area contributed by atoms with Crippen molar-refractivity contribution in [1.82, 2.24) is 19.7 Å². The van der Waals surface area contributed by atoms with E-state index in [4.69, 9.17) is 4.74 Å². The van der Waals surface area contributed by atoms with Crippen LogP contribution in [0.1, 0.15) is 12.6 Å². The first-order chi connectivity index (χ1) is 7.86. The van der Waals surface area contributed by atoms with Gasteiger partial charge in [-0.25, -0.2) is 14.6 Å². The summed E-state index contributed by atoms with van der Waals surface area (Å²) in [6.45, 7) is 4.63. The molecule has 0 N–H and O–H groups in total. The van der Waals surface area contributed by atoms with Gasteiger partial charge in [-0.3, -0.25) is 0 Å². The summed E-state index contributed by atoms with van der Waals surface area (Å²) in [6, 6.07) is 0. The third-order valence-corrected chi connectivity index (χ3v) is 2.90. The second-order valence-corrected chi connectivity index (χ2v) is 4.15. The van der Waals surface area contributed by atoms with Crippen LogP contribution in [0.25, 0.3) is 11.2 Å². The van der Waals surface area contributed by atoms with Gasteiger partial charge in [0, 0.05) is 12.1 Å². The van der Waals surface area contributed by atoms with E-state index in [1.807, 2.05) is 10.9 Å². The number of fused-ring (bicyclic) bond motifs is 1. The van der Waals surface area contributed by atoms with Crippen LogP contribution in [0.5, 0.6) is 0 Å². The van der Waals surface area contributed by atoms with Crippen molar-refractivity contribution in [2.24, 2.45) is 5.92 Å². The Morgan fingerprint density at radius 1 is 1.44 bits per heavy atom. The fourth-order valence-electron chi connectivity index (χ4n) is 1.82. The fraction of sp³-hybridized carbons (Fsp3) is 0.545. The van der Waals surface area contributed by atoms with Crippen molar-refractivity contribution in [2.75, 3.05) is 13.2 Å². The number of hydrogen-bond donors (Lipinski definition) is 0. The van der Waals surface area contributed by atoms with Gasteiger partial charge in [-0.2, -0.15) is 5.10 Å². The number of rotatable bonds is 3. The van der Waals surface area contributed by atoms with Crippen molar-refractivity contribution in [3.8, 4) is 0 Å².